The van der Waals surface area contributed by atoms with Gasteiger partial charge in [-0.1, -0.05) is 6.07 Å². The molecule has 2 heterocycles. The number of aromatic nitrogens is 3. The molecule has 1 aliphatic rings. The summed E-state index contributed by atoms with van der Waals surface area (Å²) in [6.45, 7) is 2.07. The summed E-state index contributed by atoms with van der Waals surface area (Å²) in [7, 11) is 0. The minimum atomic E-state index is -4.76. The number of nitrogens with one attached hydrogen (secondary N) is 1. The maximum Gasteiger partial charge on any atom is 0.433 e. The van der Waals surface area contributed by atoms with Crippen molar-refractivity contribution >= 4 is 28.5 Å². The fraction of sp³-hybridized carbons (Fsp3) is 0.417. The van der Waals surface area contributed by atoms with Crippen molar-refractivity contribution in [3.8, 4) is 0 Å². The number of fused-ring (bicyclic) bond motifs is 1. The van der Waals surface area contributed by atoms with Crippen LogP contribution in [0.4, 0.5) is 27.6 Å². The highest BCUT2D eigenvalue weighted by atomic mass is 19.4. The van der Waals surface area contributed by atoms with Gasteiger partial charge in [0.05, 0.1) is 29.8 Å². The highest BCUT2D eigenvalue weighted by Crippen LogP contribution is 2.36. The van der Waals surface area contributed by atoms with E-state index in [1.165, 1.54) is 6.07 Å². The normalized spacial score (nSPS) is 18.4. The lowest BCUT2D eigenvalue weighted by atomic mass is 9.86. The molecule has 0 aliphatic heterocycles. The third kappa shape index (κ3) is 5.47. The predicted molar refractivity (Wildman–Crippen MR) is 120 cm³/mol. The number of benzene rings is 1. The van der Waals surface area contributed by atoms with E-state index in [-0.39, 0.29) is 29.1 Å². The molecule has 1 N–H and O–H groups in total. The Bertz CT molecular complexity index is 1270. The first kappa shape index (κ1) is 25.5. The molecule has 0 unspecified atom stereocenters. The number of halogens is 5. The van der Waals surface area contributed by atoms with Gasteiger partial charge in [-0.15, -0.1) is 0 Å². The molecule has 3 aromatic rings. The summed E-state index contributed by atoms with van der Waals surface area (Å²) in [5, 5.41) is 7.15. The molecule has 1 aliphatic carbocycles. The Morgan fingerprint density at radius 2 is 1.89 bits per heavy atom. The van der Waals surface area contributed by atoms with Crippen molar-refractivity contribution in [3.05, 3.63) is 53.5 Å². The van der Waals surface area contributed by atoms with Crippen molar-refractivity contribution in [3.63, 3.8) is 0 Å². The standard InChI is InChI=1S/C24H23F5N4O3/c1-2-36-23(35)13-6-8-15(9-7-13)33-12-14-10-19(16(21(25)26)11-18(14)32-33)31-22(34)17-4-3-5-20(30-17)24(27,28)29/h3-5,10-13,15,21H,2,6-9H2,1H3,(H,31,34). The van der Waals surface area contributed by atoms with Gasteiger partial charge in [-0.05, 0) is 56.9 Å². The fourth-order valence-corrected chi connectivity index (χ4v) is 4.32. The second kappa shape index (κ2) is 10.2. The van der Waals surface area contributed by atoms with Crippen molar-refractivity contribution in [2.45, 2.75) is 51.3 Å². The highest BCUT2D eigenvalue weighted by molar-refractivity contribution is 6.04. The van der Waals surface area contributed by atoms with Crippen LogP contribution in [0.5, 0.6) is 0 Å². The van der Waals surface area contributed by atoms with E-state index in [4.69, 9.17) is 4.74 Å². The van der Waals surface area contributed by atoms with Crippen LogP contribution in [-0.2, 0) is 15.7 Å². The van der Waals surface area contributed by atoms with Crippen molar-refractivity contribution in [2.24, 2.45) is 5.92 Å². The number of amides is 1. The highest BCUT2D eigenvalue weighted by Gasteiger charge is 2.33. The van der Waals surface area contributed by atoms with Gasteiger partial charge in [0.2, 0.25) is 0 Å². The summed E-state index contributed by atoms with van der Waals surface area (Å²) in [6, 6.07) is 5.22. The van der Waals surface area contributed by atoms with Crippen LogP contribution in [0, 0.1) is 5.92 Å². The monoisotopic (exact) mass is 510 g/mol. The Balaban J connectivity index is 1.56. The molecule has 0 bridgehead atoms. The molecule has 36 heavy (non-hydrogen) atoms. The molecule has 1 fully saturated rings. The summed E-state index contributed by atoms with van der Waals surface area (Å²) < 4.78 is 73.1. The van der Waals surface area contributed by atoms with Crippen molar-refractivity contribution in [1.29, 1.82) is 0 Å². The van der Waals surface area contributed by atoms with Gasteiger partial charge >= 0.3 is 12.1 Å². The Labute approximate surface area is 202 Å². The molecule has 1 saturated carbocycles. The van der Waals surface area contributed by atoms with Crippen LogP contribution in [0.15, 0.2) is 36.5 Å². The topological polar surface area (TPSA) is 86.1 Å². The Hall–Kier alpha value is -3.57. The molecule has 7 nitrogen and oxygen atoms in total. The second-order valence-corrected chi connectivity index (χ2v) is 8.53. The summed E-state index contributed by atoms with van der Waals surface area (Å²) in [4.78, 5) is 27.8. The van der Waals surface area contributed by atoms with E-state index < -0.39 is 35.5 Å². The molecule has 4 rings (SSSR count). The number of hydrogen-bond acceptors (Lipinski definition) is 5. The molecule has 12 heteroatoms. The van der Waals surface area contributed by atoms with Gasteiger partial charge in [0.1, 0.15) is 11.4 Å². The smallest absolute Gasteiger partial charge is 0.433 e. The van der Waals surface area contributed by atoms with Gasteiger partial charge in [0.15, 0.2) is 0 Å². The number of carbonyl (C=O) groups is 2. The number of anilines is 1. The van der Waals surface area contributed by atoms with Crippen LogP contribution in [0.2, 0.25) is 0 Å². The zero-order chi connectivity index (χ0) is 26.0. The van der Waals surface area contributed by atoms with Gasteiger partial charge in [-0.2, -0.15) is 18.3 Å². The van der Waals surface area contributed by atoms with Crippen LogP contribution < -0.4 is 5.32 Å². The van der Waals surface area contributed by atoms with E-state index in [0.29, 0.717) is 43.7 Å². The number of esters is 1. The van der Waals surface area contributed by atoms with E-state index in [9.17, 15) is 31.5 Å². The van der Waals surface area contributed by atoms with Crippen molar-refractivity contribution in [1.82, 2.24) is 14.8 Å². The van der Waals surface area contributed by atoms with E-state index >= 15 is 0 Å². The molecule has 0 atom stereocenters. The number of rotatable bonds is 6. The molecule has 1 amide bonds. The summed E-state index contributed by atoms with van der Waals surface area (Å²) in [6.07, 6.45) is -3.51. The number of nitrogens with zero attached hydrogens (tertiary/aromatic N) is 3. The zero-order valence-corrected chi connectivity index (χ0v) is 19.2. The van der Waals surface area contributed by atoms with Crippen molar-refractivity contribution in [2.75, 3.05) is 11.9 Å². The molecule has 0 radical (unpaired) electrons. The fourth-order valence-electron chi connectivity index (χ4n) is 4.32. The average molecular weight is 510 g/mol. The Morgan fingerprint density at radius 3 is 2.53 bits per heavy atom. The van der Waals surface area contributed by atoms with Crippen LogP contribution in [0.25, 0.3) is 10.9 Å². The van der Waals surface area contributed by atoms with E-state index in [1.54, 1.807) is 17.8 Å². The minimum Gasteiger partial charge on any atom is -0.466 e. The first-order chi connectivity index (χ1) is 17.1. The second-order valence-electron chi connectivity index (χ2n) is 8.53. The first-order valence-electron chi connectivity index (χ1n) is 11.4. The van der Waals surface area contributed by atoms with E-state index in [1.807, 2.05) is 0 Å². The summed E-state index contributed by atoms with van der Waals surface area (Å²) >= 11 is 0. The Morgan fingerprint density at radius 1 is 1.17 bits per heavy atom. The lowest BCUT2D eigenvalue weighted by Gasteiger charge is -2.27. The van der Waals surface area contributed by atoms with E-state index in [0.717, 1.165) is 18.2 Å². The molecule has 1 aromatic carbocycles. The number of ether oxygens (including phenoxy) is 1. The number of pyridine rings is 1. The lowest BCUT2D eigenvalue weighted by molar-refractivity contribution is -0.149. The molecular weight excluding hydrogens is 487 g/mol. The quantitative estimate of drug-likeness (QED) is 0.328. The third-order valence-corrected chi connectivity index (χ3v) is 6.14. The first-order valence-corrected chi connectivity index (χ1v) is 11.4. The van der Waals surface area contributed by atoms with Crippen LogP contribution in [0.3, 0.4) is 0 Å². The minimum absolute atomic E-state index is 0.0366. The molecule has 2 aromatic heterocycles. The van der Waals surface area contributed by atoms with E-state index in [2.05, 4.69) is 15.4 Å². The maximum atomic E-state index is 13.8. The number of hydrogen-bond donors (Lipinski definition) is 1. The van der Waals surface area contributed by atoms with Gasteiger partial charge in [-0.3, -0.25) is 14.3 Å². The van der Waals surface area contributed by atoms with Crippen LogP contribution in [0.1, 0.15) is 66.8 Å². The molecule has 0 spiro atoms. The van der Waals surface area contributed by atoms with Crippen molar-refractivity contribution < 1.29 is 36.3 Å². The van der Waals surface area contributed by atoms with Crippen LogP contribution in [-0.4, -0.2) is 33.2 Å². The average Bonchev–Trinajstić information content (AvgIpc) is 3.26. The Kier molecular flexibility index (Phi) is 7.23. The maximum absolute atomic E-state index is 13.8. The predicted octanol–water partition coefficient (Wildman–Crippen LogP) is 5.93. The number of alkyl halides is 5. The molecular formula is C24H23F5N4O3. The summed E-state index contributed by atoms with van der Waals surface area (Å²) in [5.74, 6) is -1.45. The SMILES string of the molecule is CCOC(=O)C1CCC(n2cc3cc(NC(=O)c4cccc(C(F)(F)F)n4)c(C(F)F)cc3n2)CC1. The summed E-state index contributed by atoms with van der Waals surface area (Å²) in [5.41, 5.74) is -2.29. The third-order valence-electron chi connectivity index (χ3n) is 6.14. The van der Waals surface area contributed by atoms with Gasteiger partial charge in [0, 0.05) is 17.1 Å². The van der Waals surface area contributed by atoms with Gasteiger partial charge < -0.3 is 10.1 Å². The largest absolute Gasteiger partial charge is 0.466 e. The lowest BCUT2D eigenvalue weighted by Crippen LogP contribution is -2.25. The van der Waals surface area contributed by atoms with Crippen LogP contribution >= 0.6 is 0 Å². The zero-order valence-electron chi connectivity index (χ0n) is 19.2. The molecule has 0 saturated heterocycles. The van der Waals surface area contributed by atoms with Gasteiger partial charge in [-0.25, -0.2) is 13.8 Å². The number of carbonyl (C=O) groups excluding carboxylic acids is 2. The molecule has 192 valence electrons. The van der Waals surface area contributed by atoms with Gasteiger partial charge in [0.25, 0.3) is 12.3 Å².